The van der Waals surface area contributed by atoms with Crippen molar-refractivity contribution in [1.29, 1.82) is 0 Å². The van der Waals surface area contributed by atoms with Gasteiger partial charge in [-0.3, -0.25) is 0 Å². The zero-order valence-electron chi connectivity index (χ0n) is 14.2. The summed E-state index contributed by atoms with van der Waals surface area (Å²) in [5, 5.41) is 2.98. The topological polar surface area (TPSA) is 38.3 Å². The third-order valence-corrected chi connectivity index (χ3v) is 4.11. The molecule has 0 aliphatic heterocycles. The van der Waals surface area contributed by atoms with Gasteiger partial charge in [-0.1, -0.05) is 73.7 Å². The van der Waals surface area contributed by atoms with Crippen molar-refractivity contribution in [2.45, 2.75) is 32.4 Å². The molecule has 3 heteroatoms. The van der Waals surface area contributed by atoms with Crippen molar-refractivity contribution in [2.75, 3.05) is 0 Å². The fraction of sp³-hybridized carbons (Fsp3) is 0.286. The number of amides is 1. The third-order valence-electron chi connectivity index (χ3n) is 4.11. The van der Waals surface area contributed by atoms with E-state index in [0.29, 0.717) is 0 Å². The number of rotatable bonds is 8. The van der Waals surface area contributed by atoms with Gasteiger partial charge in [0, 0.05) is 6.04 Å². The van der Waals surface area contributed by atoms with E-state index in [0.717, 1.165) is 18.4 Å². The van der Waals surface area contributed by atoms with Crippen molar-refractivity contribution < 1.29 is 9.53 Å². The molecule has 0 unspecified atom stereocenters. The lowest BCUT2D eigenvalue weighted by atomic mass is 9.95. The molecule has 126 valence electrons. The van der Waals surface area contributed by atoms with E-state index in [9.17, 15) is 4.79 Å². The Morgan fingerprint density at radius 2 is 1.67 bits per heavy atom. The van der Waals surface area contributed by atoms with E-state index in [1.54, 1.807) is 0 Å². The molecule has 2 atom stereocenters. The van der Waals surface area contributed by atoms with E-state index in [4.69, 9.17) is 4.74 Å². The summed E-state index contributed by atoms with van der Waals surface area (Å²) in [5.74, 6) is 0.179. The Kier molecular flexibility index (Phi) is 7.09. The molecular weight excluding hydrogens is 298 g/mol. The van der Waals surface area contributed by atoms with Gasteiger partial charge in [0.25, 0.3) is 0 Å². The summed E-state index contributed by atoms with van der Waals surface area (Å²) in [6, 6.07) is 19.9. The second-order valence-corrected chi connectivity index (χ2v) is 5.93. The molecular formula is C21H25NO2. The van der Waals surface area contributed by atoms with Crippen molar-refractivity contribution in [3.8, 4) is 0 Å². The van der Waals surface area contributed by atoms with Crippen molar-refractivity contribution in [3.63, 3.8) is 0 Å². The predicted molar refractivity (Wildman–Crippen MR) is 97.7 cm³/mol. The SMILES string of the molecule is C=C[C@@H](C)[C@@H](CCc1ccccc1)NC(=O)OCc1ccccc1. The molecule has 2 aromatic carbocycles. The molecule has 0 saturated heterocycles. The Morgan fingerprint density at radius 3 is 2.25 bits per heavy atom. The molecule has 2 aromatic rings. The molecule has 0 heterocycles. The smallest absolute Gasteiger partial charge is 0.407 e. The van der Waals surface area contributed by atoms with E-state index in [1.807, 2.05) is 54.6 Å². The first-order valence-corrected chi connectivity index (χ1v) is 8.32. The number of alkyl carbamates (subject to hydrolysis) is 1. The second kappa shape index (κ2) is 9.56. The van der Waals surface area contributed by atoms with Gasteiger partial charge >= 0.3 is 6.09 Å². The highest BCUT2D eigenvalue weighted by molar-refractivity contribution is 5.67. The lowest BCUT2D eigenvalue weighted by molar-refractivity contribution is 0.133. The van der Waals surface area contributed by atoms with E-state index >= 15 is 0 Å². The Morgan fingerprint density at radius 1 is 1.08 bits per heavy atom. The summed E-state index contributed by atoms with van der Waals surface area (Å²) in [6.45, 7) is 6.18. The normalized spacial score (nSPS) is 12.9. The summed E-state index contributed by atoms with van der Waals surface area (Å²) in [6.07, 6.45) is 3.23. The molecule has 24 heavy (non-hydrogen) atoms. The molecule has 0 bridgehead atoms. The van der Waals surface area contributed by atoms with Crippen molar-refractivity contribution in [2.24, 2.45) is 5.92 Å². The van der Waals surface area contributed by atoms with E-state index in [2.05, 4.69) is 31.0 Å². The molecule has 0 aliphatic rings. The largest absolute Gasteiger partial charge is 0.445 e. The van der Waals surface area contributed by atoms with Crippen LogP contribution in [0.1, 0.15) is 24.5 Å². The minimum atomic E-state index is -0.384. The van der Waals surface area contributed by atoms with Gasteiger partial charge in [-0.05, 0) is 29.9 Å². The van der Waals surface area contributed by atoms with Crippen molar-refractivity contribution >= 4 is 6.09 Å². The van der Waals surface area contributed by atoms with E-state index in [-0.39, 0.29) is 24.7 Å². The number of aryl methyl sites for hydroxylation is 1. The minimum absolute atomic E-state index is 0.00554. The maximum Gasteiger partial charge on any atom is 0.407 e. The predicted octanol–water partition coefficient (Wildman–Crippen LogP) is 4.74. The van der Waals surface area contributed by atoms with Crippen LogP contribution in [0.5, 0.6) is 0 Å². The molecule has 3 nitrogen and oxygen atoms in total. The number of nitrogens with one attached hydrogen (secondary N) is 1. The number of benzene rings is 2. The molecule has 0 aliphatic carbocycles. The summed E-state index contributed by atoms with van der Waals surface area (Å²) in [5.41, 5.74) is 2.24. The Balaban J connectivity index is 1.85. The summed E-state index contributed by atoms with van der Waals surface area (Å²) in [7, 11) is 0. The fourth-order valence-corrected chi connectivity index (χ4v) is 2.51. The number of ether oxygens (including phenoxy) is 1. The Bertz CT molecular complexity index is 625. The van der Waals surface area contributed by atoms with Gasteiger partial charge in [-0.2, -0.15) is 0 Å². The molecule has 0 spiro atoms. The molecule has 1 N–H and O–H groups in total. The van der Waals surface area contributed by atoms with Crippen LogP contribution in [-0.2, 0) is 17.8 Å². The van der Waals surface area contributed by atoms with Gasteiger partial charge in [0.15, 0.2) is 0 Å². The molecule has 0 radical (unpaired) electrons. The van der Waals surface area contributed by atoms with Crippen LogP contribution in [0.15, 0.2) is 73.3 Å². The second-order valence-electron chi connectivity index (χ2n) is 5.93. The first-order chi connectivity index (χ1) is 11.7. The number of hydrogen-bond acceptors (Lipinski definition) is 2. The van der Waals surface area contributed by atoms with Gasteiger partial charge in [0.2, 0.25) is 0 Å². The maximum absolute atomic E-state index is 12.1. The van der Waals surface area contributed by atoms with Crippen LogP contribution in [0.2, 0.25) is 0 Å². The van der Waals surface area contributed by atoms with E-state index < -0.39 is 0 Å². The van der Waals surface area contributed by atoms with E-state index in [1.165, 1.54) is 5.56 Å². The standard InChI is InChI=1S/C21H25NO2/c1-3-17(2)20(15-14-18-10-6-4-7-11-18)22-21(23)24-16-19-12-8-5-9-13-19/h3-13,17,20H,1,14-16H2,2H3,(H,22,23)/t17-,20-/m1/s1. The van der Waals surface area contributed by atoms with Gasteiger partial charge in [-0.15, -0.1) is 6.58 Å². The molecule has 0 saturated carbocycles. The maximum atomic E-state index is 12.1. The van der Waals surface area contributed by atoms with Crippen LogP contribution in [-0.4, -0.2) is 12.1 Å². The highest BCUT2D eigenvalue weighted by atomic mass is 16.5. The Labute approximate surface area is 144 Å². The van der Waals surface area contributed by atoms with Crippen LogP contribution in [0, 0.1) is 5.92 Å². The molecule has 0 aromatic heterocycles. The summed E-state index contributed by atoms with van der Waals surface area (Å²) in [4.78, 5) is 12.1. The van der Waals surface area contributed by atoms with Gasteiger partial charge < -0.3 is 10.1 Å². The fourth-order valence-electron chi connectivity index (χ4n) is 2.51. The van der Waals surface area contributed by atoms with Gasteiger partial charge in [0.05, 0.1) is 0 Å². The average Bonchev–Trinajstić information content (AvgIpc) is 2.64. The average molecular weight is 323 g/mol. The molecule has 0 fully saturated rings. The number of carbonyl (C=O) groups excluding carboxylic acids is 1. The number of carbonyl (C=O) groups is 1. The zero-order valence-corrected chi connectivity index (χ0v) is 14.2. The summed E-state index contributed by atoms with van der Waals surface area (Å²) >= 11 is 0. The summed E-state index contributed by atoms with van der Waals surface area (Å²) < 4.78 is 5.32. The first kappa shape index (κ1) is 17.8. The monoisotopic (exact) mass is 323 g/mol. The van der Waals surface area contributed by atoms with Crippen LogP contribution < -0.4 is 5.32 Å². The van der Waals surface area contributed by atoms with Crippen LogP contribution in [0.4, 0.5) is 4.79 Å². The highest BCUT2D eigenvalue weighted by Crippen LogP contribution is 2.13. The molecule has 1 amide bonds. The Hall–Kier alpha value is -2.55. The van der Waals surface area contributed by atoms with Gasteiger partial charge in [-0.25, -0.2) is 4.79 Å². The zero-order chi connectivity index (χ0) is 17.2. The van der Waals surface area contributed by atoms with Crippen LogP contribution >= 0.6 is 0 Å². The van der Waals surface area contributed by atoms with Gasteiger partial charge in [0.1, 0.15) is 6.61 Å². The number of hydrogen-bond donors (Lipinski definition) is 1. The highest BCUT2D eigenvalue weighted by Gasteiger charge is 2.18. The minimum Gasteiger partial charge on any atom is -0.445 e. The third kappa shape index (κ3) is 5.92. The first-order valence-electron chi connectivity index (χ1n) is 8.32. The van der Waals surface area contributed by atoms with Crippen molar-refractivity contribution in [1.82, 2.24) is 5.32 Å². The molecule has 2 rings (SSSR count). The van der Waals surface area contributed by atoms with Crippen molar-refractivity contribution in [3.05, 3.63) is 84.4 Å². The lowest BCUT2D eigenvalue weighted by Gasteiger charge is -2.22. The van der Waals surface area contributed by atoms with Crippen LogP contribution in [0.25, 0.3) is 0 Å². The van der Waals surface area contributed by atoms with Crippen LogP contribution in [0.3, 0.4) is 0 Å². The quantitative estimate of drug-likeness (QED) is 0.713. The lowest BCUT2D eigenvalue weighted by Crippen LogP contribution is -2.39.